The molecule has 5 nitrogen and oxygen atoms in total. The van der Waals surface area contributed by atoms with Crippen LogP contribution < -0.4 is 4.72 Å². The van der Waals surface area contributed by atoms with Crippen LogP contribution in [0.25, 0.3) is 0 Å². The van der Waals surface area contributed by atoms with Crippen molar-refractivity contribution in [3.63, 3.8) is 0 Å². The van der Waals surface area contributed by atoms with Gasteiger partial charge in [0, 0.05) is 26.1 Å². The zero-order valence-corrected chi connectivity index (χ0v) is 13.1. The molecular weight excluding hydrogens is 333 g/mol. The minimum Gasteiger partial charge on any atom is -0.340 e. The third kappa shape index (κ3) is 4.93. The molecule has 1 N–H and O–H groups in total. The number of rotatable bonds is 3. The van der Waals surface area contributed by atoms with E-state index in [0.717, 1.165) is 6.07 Å². The van der Waals surface area contributed by atoms with E-state index in [1.54, 1.807) is 0 Å². The number of sulfonamides is 1. The summed E-state index contributed by atoms with van der Waals surface area (Å²) in [5.74, 6) is -0.543. The Labute approximate surface area is 132 Å². The second-order valence-corrected chi connectivity index (χ2v) is 7.18. The van der Waals surface area contributed by atoms with Crippen molar-refractivity contribution in [3.8, 4) is 0 Å². The second kappa shape index (κ2) is 6.88. The predicted molar refractivity (Wildman–Crippen MR) is 78.1 cm³/mol. The van der Waals surface area contributed by atoms with Gasteiger partial charge in [-0.25, -0.2) is 13.1 Å². The van der Waals surface area contributed by atoms with Gasteiger partial charge in [0.2, 0.25) is 15.9 Å². The van der Waals surface area contributed by atoms with Gasteiger partial charge in [0.15, 0.2) is 0 Å². The molecule has 23 heavy (non-hydrogen) atoms. The second-order valence-electron chi connectivity index (χ2n) is 5.25. The Bertz CT molecular complexity index is 674. The standard InChI is InChI=1S/C14H17F3N2O3S/c15-14(16,17)12-4-2-1-3-11(12)5-6-13(20)19-8-7-18-23(21,22)10-9-19/h1-4,18H,5-10H2. The molecule has 0 aromatic heterocycles. The largest absolute Gasteiger partial charge is 0.416 e. The Morgan fingerprint density at radius 1 is 1.22 bits per heavy atom. The van der Waals surface area contributed by atoms with Crippen LogP contribution in [0.1, 0.15) is 17.5 Å². The predicted octanol–water partition coefficient (Wildman–Crippen LogP) is 1.40. The number of carbonyl (C=O) groups is 1. The molecule has 128 valence electrons. The van der Waals surface area contributed by atoms with Gasteiger partial charge in [-0.15, -0.1) is 0 Å². The average Bonchev–Trinajstić information content (AvgIpc) is 2.65. The number of benzene rings is 1. The molecule has 0 atom stereocenters. The van der Waals surface area contributed by atoms with E-state index in [2.05, 4.69) is 4.72 Å². The summed E-state index contributed by atoms with van der Waals surface area (Å²) in [7, 11) is -3.37. The number of hydrogen-bond acceptors (Lipinski definition) is 3. The fourth-order valence-electron chi connectivity index (χ4n) is 2.41. The van der Waals surface area contributed by atoms with Gasteiger partial charge in [0.05, 0.1) is 11.3 Å². The van der Waals surface area contributed by atoms with E-state index in [9.17, 15) is 26.4 Å². The van der Waals surface area contributed by atoms with Crippen molar-refractivity contribution in [2.45, 2.75) is 19.0 Å². The maximum Gasteiger partial charge on any atom is 0.416 e. The fourth-order valence-corrected chi connectivity index (χ4v) is 3.42. The molecular formula is C14H17F3N2O3S. The number of halogens is 3. The number of carbonyl (C=O) groups excluding carboxylic acids is 1. The SMILES string of the molecule is O=C(CCc1ccccc1C(F)(F)F)N1CCNS(=O)(=O)CC1. The third-order valence-electron chi connectivity index (χ3n) is 3.62. The molecule has 1 aliphatic rings. The van der Waals surface area contributed by atoms with Crippen LogP contribution in [0.4, 0.5) is 13.2 Å². The lowest BCUT2D eigenvalue weighted by Gasteiger charge is -2.20. The van der Waals surface area contributed by atoms with Gasteiger partial charge in [-0.2, -0.15) is 13.2 Å². The molecule has 0 bridgehead atoms. The van der Waals surface area contributed by atoms with Crippen LogP contribution in [0.2, 0.25) is 0 Å². The molecule has 1 amide bonds. The number of hydrogen-bond donors (Lipinski definition) is 1. The highest BCUT2D eigenvalue weighted by atomic mass is 32.2. The Balaban J connectivity index is 2.00. The number of aryl methyl sites for hydroxylation is 1. The first-order valence-electron chi connectivity index (χ1n) is 7.09. The molecule has 2 rings (SSSR count). The topological polar surface area (TPSA) is 66.5 Å². The normalized spacial score (nSPS) is 18.5. The maximum absolute atomic E-state index is 12.9. The van der Waals surface area contributed by atoms with Gasteiger partial charge >= 0.3 is 6.18 Å². The van der Waals surface area contributed by atoms with E-state index in [1.807, 2.05) is 0 Å². The Morgan fingerprint density at radius 3 is 2.61 bits per heavy atom. The Kier molecular flexibility index (Phi) is 5.30. The first-order chi connectivity index (χ1) is 10.7. The first kappa shape index (κ1) is 17.7. The van der Waals surface area contributed by atoms with Crippen molar-refractivity contribution in [2.75, 3.05) is 25.4 Å². The first-order valence-corrected chi connectivity index (χ1v) is 8.74. The average molecular weight is 350 g/mol. The van der Waals surface area contributed by atoms with Crippen LogP contribution in [0, 0.1) is 0 Å². The lowest BCUT2D eigenvalue weighted by Crippen LogP contribution is -2.35. The third-order valence-corrected chi connectivity index (χ3v) is 4.98. The molecule has 1 saturated heterocycles. The highest BCUT2D eigenvalue weighted by molar-refractivity contribution is 7.89. The molecule has 0 spiro atoms. The molecule has 1 aromatic carbocycles. The number of alkyl halides is 3. The quantitative estimate of drug-likeness (QED) is 0.896. The van der Waals surface area contributed by atoms with Crippen molar-refractivity contribution in [1.29, 1.82) is 0 Å². The Morgan fingerprint density at radius 2 is 1.91 bits per heavy atom. The van der Waals surface area contributed by atoms with Crippen LogP contribution in [0.15, 0.2) is 24.3 Å². The maximum atomic E-state index is 12.9. The molecule has 0 radical (unpaired) electrons. The molecule has 1 heterocycles. The van der Waals surface area contributed by atoms with E-state index < -0.39 is 21.8 Å². The lowest BCUT2D eigenvalue weighted by molar-refractivity contribution is -0.138. The summed E-state index contributed by atoms with van der Waals surface area (Å²) in [4.78, 5) is 13.5. The van der Waals surface area contributed by atoms with Crippen molar-refractivity contribution in [1.82, 2.24) is 9.62 Å². The van der Waals surface area contributed by atoms with Crippen LogP contribution >= 0.6 is 0 Å². The van der Waals surface area contributed by atoms with Gasteiger partial charge in [-0.3, -0.25) is 4.79 Å². The highest BCUT2D eigenvalue weighted by Gasteiger charge is 2.33. The fraction of sp³-hybridized carbons (Fsp3) is 0.500. The summed E-state index contributed by atoms with van der Waals surface area (Å²) >= 11 is 0. The molecule has 0 saturated carbocycles. The summed E-state index contributed by atoms with van der Waals surface area (Å²) in [6.07, 6.45) is -4.58. The minimum absolute atomic E-state index is 0.0365. The van der Waals surface area contributed by atoms with Crippen LogP contribution in [-0.4, -0.2) is 44.6 Å². The monoisotopic (exact) mass is 350 g/mol. The molecule has 1 aromatic rings. The van der Waals surface area contributed by atoms with Gasteiger partial charge in [0.25, 0.3) is 0 Å². The minimum atomic E-state index is -4.46. The van der Waals surface area contributed by atoms with E-state index in [4.69, 9.17) is 0 Å². The molecule has 9 heteroatoms. The molecule has 0 aliphatic carbocycles. The number of nitrogens with one attached hydrogen (secondary N) is 1. The number of nitrogens with zero attached hydrogens (tertiary/aromatic N) is 1. The van der Waals surface area contributed by atoms with E-state index in [0.29, 0.717) is 0 Å². The van der Waals surface area contributed by atoms with Crippen molar-refractivity contribution in [2.24, 2.45) is 0 Å². The van der Waals surface area contributed by atoms with Crippen LogP contribution in [0.5, 0.6) is 0 Å². The van der Waals surface area contributed by atoms with E-state index >= 15 is 0 Å². The van der Waals surface area contributed by atoms with E-state index in [-0.39, 0.29) is 49.7 Å². The summed E-state index contributed by atoms with van der Waals surface area (Å²) in [5, 5.41) is 0. The number of amides is 1. The van der Waals surface area contributed by atoms with E-state index in [1.165, 1.54) is 23.1 Å². The van der Waals surface area contributed by atoms with Crippen LogP contribution in [0.3, 0.4) is 0 Å². The smallest absolute Gasteiger partial charge is 0.340 e. The van der Waals surface area contributed by atoms with Crippen molar-refractivity contribution < 1.29 is 26.4 Å². The molecule has 0 unspecified atom stereocenters. The Hall–Kier alpha value is -1.61. The van der Waals surface area contributed by atoms with Crippen molar-refractivity contribution in [3.05, 3.63) is 35.4 Å². The summed E-state index contributed by atoms with van der Waals surface area (Å²) in [5.41, 5.74) is -0.679. The molecule has 1 fully saturated rings. The van der Waals surface area contributed by atoms with Gasteiger partial charge < -0.3 is 4.90 Å². The highest BCUT2D eigenvalue weighted by Crippen LogP contribution is 2.32. The summed E-state index contributed by atoms with van der Waals surface area (Å²) < 4.78 is 63.8. The van der Waals surface area contributed by atoms with Crippen LogP contribution in [-0.2, 0) is 27.4 Å². The summed E-state index contributed by atoms with van der Waals surface area (Å²) in [6, 6.07) is 5.14. The summed E-state index contributed by atoms with van der Waals surface area (Å²) in [6.45, 7) is 0.390. The van der Waals surface area contributed by atoms with Gasteiger partial charge in [-0.1, -0.05) is 18.2 Å². The van der Waals surface area contributed by atoms with Gasteiger partial charge in [0.1, 0.15) is 0 Å². The zero-order chi connectivity index (χ0) is 17.1. The lowest BCUT2D eigenvalue weighted by atomic mass is 10.0. The molecule has 1 aliphatic heterocycles. The van der Waals surface area contributed by atoms with Gasteiger partial charge in [-0.05, 0) is 18.1 Å². The zero-order valence-electron chi connectivity index (χ0n) is 12.3. The van der Waals surface area contributed by atoms with Crippen molar-refractivity contribution >= 4 is 15.9 Å².